The first-order valence-electron chi connectivity index (χ1n) is 7.05. The Hall–Kier alpha value is -0.810. The first-order valence-corrected chi connectivity index (χ1v) is 7.05. The molecule has 1 aliphatic rings. The molecule has 0 saturated carbocycles. The van der Waals surface area contributed by atoms with Crippen LogP contribution in [0.5, 0.6) is 0 Å². The second-order valence-electron chi connectivity index (χ2n) is 6.52. The number of carbonyl (C=O) groups excluding carboxylic acids is 1. The van der Waals surface area contributed by atoms with E-state index in [1.54, 1.807) is 11.8 Å². The highest BCUT2D eigenvalue weighted by molar-refractivity contribution is 5.69. The van der Waals surface area contributed by atoms with Gasteiger partial charge in [-0.3, -0.25) is 5.32 Å². The molecule has 0 aliphatic carbocycles. The number of likely N-dealkylation sites (tertiary alicyclic amines) is 1. The molecule has 1 amide bonds. The molecule has 19 heavy (non-hydrogen) atoms. The zero-order valence-electron chi connectivity index (χ0n) is 12.9. The molecule has 112 valence electrons. The number of hydrogen-bond acceptors (Lipinski definition) is 4. The number of rotatable bonds is 4. The van der Waals surface area contributed by atoms with Gasteiger partial charge >= 0.3 is 6.09 Å². The summed E-state index contributed by atoms with van der Waals surface area (Å²) in [7, 11) is 0. The average Bonchev–Trinajstić information content (AvgIpc) is 2.10. The van der Waals surface area contributed by atoms with Gasteiger partial charge in [-0.2, -0.15) is 0 Å². The summed E-state index contributed by atoms with van der Waals surface area (Å²) in [5.41, 5.74) is -0.454. The lowest BCUT2D eigenvalue weighted by Gasteiger charge is -2.46. The van der Waals surface area contributed by atoms with Gasteiger partial charge in [-0.05, 0) is 47.0 Å². The molecule has 5 nitrogen and oxygen atoms in total. The monoisotopic (exact) mass is 272 g/mol. The molecule has 0 aromatic rings. The van der Waals surface area contributed by atoms with Gasteiger partial charge in [-0.1, -0.05) is 6.92 Å². The number of hydrogen-bond donors (Lipinski definition) is 2. The van der Waals surface area contributed by atoms with Crippen molar-refractivity contribution in [3.8, 4) is 0 Å². The van der Waals surface area contributed by atoms with Crippen LogP contribution in [0, 0.1) is 5.92 Å². The third-order valence-electron chi connectivity index (χ3n) is 3.59. The number of ether oxygens (including phenoxy) is 1. The third kappa shape index (κ3) is 4.66. The second kappa shape index (κ2) is 6.09. The maximum Gasteiger partial charge on any atom is 0.410 e. The largest absolute Gasteiger partial charge is 0.444 e. The molecule has 4 atom stereocenters. The normalized spacial score (nSPS) is 24.4. The molecule has 0 radical (unpaired) electrons. The van der Waals surface area contributed by atoms with E-state index in [9.17, 15) is 9.90 Å². The quantitative estimate of drug-likeness (QED) is 0.768. The standard InChI is InChI=1S/C14H28N2O3/c1-9(10(2)15-11(3)17)12-7-8-16(12)13(18)19-14(4,5)6/h9-12,15,17H,7-8H2,1-6H3/t9?,10?,11?,12-/m1/s1. The third-order valence-corrected chi connectivity index (χ3v) is 3.59. The van der Waals surface area contributed by atoms with Crippen LogP contribution >= 0.6 is 0 Å². The number of amides is 1. The lowest BCUT2D eigenvalue weighted by Crippen LogP contribution is -2.58. The van der Waals surface area contributed by atoms with Gasteiger partial charge in [0.25, 0.3) is 0 Å². The zero-order chi connectivity index (χ0) is 14.8. The van der Waals surface area contributed by atoms with Crippen LogP contribution in [0.3, 0.4) is 0 Å². The molecule has 2 N–H and O–H groups in total. The van der Waals surface area contributed by atoms with E-state index < -0.39 is 11.8 Å². The highest BCUT2D eigenvalue weighted by atomic mass is 16.6. The van der Waals surface area contributed by atoms with Crippen LogP contribution in [0.2, 0.25) is 0 Å². The van der Waals surface area contributed by atoms with E-state index in [-0.39, 0.29) is 24.1 Å². The first-order chi connectivity index (χ1) is 8.61. The van der Waals surface area contributed by atoms with Crippen molar-refractivity contribution in [2.45, 2.75) is 71.9 Å². The molecule has 1 heterocycles. The molecule has 1 aliphatic heterocycles. The van der Waals surface area contributed by atoms with Crippen molar-refractivity contribution >= 4 is 6.09 Å². The van der Waals surface area contributed by atoms with Crippen molar-refractivity contribution in [3.05, 3.63) is 0 Å². The summed E-state index contributed by atoms with van der Waals surface area (Å²) < 4.78 is 5.40. The van der Waals surface area contributed by atoms with Gasteiger partial charge in [-0.25, -0.2) is 4.79 Å². The summed E-state index contributed by atoms with van der Waals surface area (Å²) in [5, 5.41) is 12.4. The molecule has 1 saturated heterocycles. The van der Waals surface area contributed by atoms with E-state index in [0.29, 0.717) is 0 Å². The molecule has 5 heteroatoms. The van der Waals surface area contributed by atoms with E-state index in [0.717, 1.165) is 13.0 Å². The fourth-order valence-electron chi connectivity index (χ4n) is 2.37. The molecule has 3 unspecified atom stereocenters. The van der Waals surface area contributed by atoms with Crippen LogP contribution in [0.4, 0.5) is 4.79 Å². The van der Waals surface area contributed by atoms with Crippen LogP contribution in [-0.4, -0.2) is 46.6 Å². The molecule has 0 spiro atoms. The van der Waals surface area contributed by atoms with Gasteiger partial charge in [0.05, 0.1) is 0 Å². The van der Waals surface area contributed by atoms with E-state index in [1.807, 2.05) is 27.7 Å². The van der Waals surface area contributed by atoms with Crippen molar-refractivity contribution in [3.63, 3.8) is 0 Å². The summed E-state index contributed by atoms with van der Waals surface area (Å²) in [6.07, 6.45) is 0.221. The minimum Gasteiger partial charge on any atom is -0.444 e. The number of carbonyl (C=O) groups is 1. The minimum atomic E-state index is -0.535. The Balaban J connectivity index is 2.53. The number of aliphatic hydroxyl groups excluding tert-OH is 1. The molecular weight excluding hydrogens is 244 g/mol. The van der Waals surface area contributed by atoms with E-state index in [1.165, 1.54) is 0 Å². The van der Waals surface area contributed by atoms with E-state index >= 15 is 0 Å². The van der Waals surface area contributed by atoms with Crippen LogP contribution in [-0.2, 0) is 4.74 Å². The van der Waals surface area contributed by atoms with Gasteiger partial charge in [0, 0.05) is 18.6 Å². The average molecular weight is 272 g/mol. The van der Waals surface area contributed by atoms with Gasteiger partial charge in [-0.15, -0.1) is 0 Å². The zero-order valence-corrected chi connectivity index (χ0v) is 12.9. The maximum absolute atomic E-state index is 12.0. The van der Waals surface area contributed by atoms with E-state index in [4.69, 9.17) is 4.74 Å². The van der Waals surface area contributed by atoms with Crippen LogP contribution in [0.15, 0.2) is 0 Å². The van der Waals surface area contributed by atoms with E-state index in [2.05, 4.69) is 12.2 Å². The Labute approximate surface area is 116 Å². The molecule has 1 rings (SSSR count). The van der Waals surface area contributed by atoms with Crippen molar-refractivity contribution < 1.29 is 14.6 Å². The highest BCUT2D eigenvalue weighted by Gasteiger charge is 2.40. The summed E-state index contributed by atoms with van der Waals surface area (Å²) in [6.45, 7) is 12.2. The van der Waals surface area contributed by atoms with Crippen molar-refractivity contribution in [2.75, 3.05) is 6.54 Å². The van der Waals surface area contributed by atoms with Crippen molar-refractivity contribution in [1.29, 1.82) is 0 Å². The summed E-state index contributed by atoms with van der Waals surface area (Å²) >= 11 is 0. The number of nitrogens with one attached hydrogen (secondary N) is 1. The topological polar surface area (TPSA) is 61.8 Å². The smallest absolute Gasteiger partial charge is 0.410 e. The van der Waals surface area contributed by atoms with Gasteiger partial charge in [0.1, 0.15) is 11.8 Å². The van der Waals surface area contributed by atoms with Crippen LogP contribution in [0.1, 0.15) is 48.0 Å². The predicted molar refractivity (Wildman–Crippen MR) is 74.8 cm³/mol. The lowest BCUT2D eigenvalue weighted by molar-refractivity contribution is -0.0214. The van der Waals surface area contributed by atoms with Crippen molar-refractivity contribution in [1.82, 2.24) is 10.2 Å². The molecular formula is C14H28N2O3. The molecule has 0 bridgehead atoms. The van der Waals surface area contributed by atoms with Gasteiger partial charge in [0.2, 0.25) is 0 Å². The SMILES string of the molecule is CC(O)NC(C)C(C)[C@H]1CCN1C(=O)OC(C)(C)C. The molecule has 1 fully saturated rings. The van der Waals surface area contributed by atoms with Gasteiger partial charge < -0.3 is 14.7 Å². The van der Waals surface area contributed by atoms with Crippen molar-refractivity contribution in [2.24, 2.45) is 5.92 Å². The first kappa shape index (κ1) is 16.2. The number of nitrogens with zero attached hydrogens (tertiary/aromatic N) is 1. The van der Waals surface area contributed by atoms with Gasteiger partial charge in [0.15, 0.2) is 0 Å². The molecule has 0 aromatic heterocycles. The summed E-state index contributed by atoms with van der Waals surface area (Å²) in [4.78, 5) is 13.8. The van der Waals surface area contributed by atoms with Crippen LogP contribution in [0.25, 0.3) is 0 Å². The Bertz CT molecular complexity index is 312. The second-order valence-corrected chi connectivity index (χ2v) is 6.52. The summed E-state index contributed by atoms with van der Waals surface area (Å²) in [5.74, 6) is 0.274. The Kier molecular flexibility index (Phi) is 5.21. The lowest BCUT2D eigenvalue weighted by atomic mass is 9.86. The fourth-order valence-corrected chi connectivity index (χ4v) is 2.37. The Morgan fingerprint density at radius 3 is 2.32 bits per heavy atom. The predicted octanol–water partition coefficient (Wildman–Crippen LogP) is 1.95. The highest BCUT2D eigenvalue weighted by Crippen LogP contribution is 2.28. The van der Waals surface area contributed by atoms with Crippen LogP contribution < -0.4 is 5.32 Å². The fraction of sp³-hybridized carbons (Fsp3) is 0.929. The Morgan fingerprint density at radius 2 is 1.95 bits per heavy atom. The Morgan fingerprint density at radius 1 is 1.37 bits per heavy atom. The molecule has 0 aromatic carbocycles. The summed E-state index contributed by atoms with van der Waals surface area (Å²) in [6, 6.07) is 0.339. The minimum absolute atomic E-state index is 0.148. The number of aliphatic hydroxyl groups is 1. The maximum atomic E-state index is 12.0.